The van der Waals surface area contributed by atoms with Gasteiger partial charge in [-0.15, -0.1) is 0 Å². The number of likely N-dealkylation sites (tertiary alicyclic amines) is 1. The van der Waals surface area contributed by atoms with Crippen molar-refractivity contribution in [2.24, 2.45) is 5.92 Å². The highest BCUT2D eigenvalue weighted by Gasteiger charge is 2.39. The molecule has 1 heterocycles. The summed E-state index contributed by atoms with van der Waals surface area (Å²) in [6, 6.07) is 4.28. The monoisotopic (exact) mass is 393 g/mol. The number of hydrogen-bond donors (Lipinski definition) is 1. The lowest BCUT2D eigenvalue weighted by atomic mass is 10.0. The van der Waals surface area contributed by atoms with E-state index in [1.54, 1.807) is 18.2 Å². The summed E-state index contributed by atoms with van der Waals surface area (Å²) in [6.07, 6.45) is 0.709. The number of carboxylic acids is 1. The van der Waals surface area contributed by atoms with Gasteiger partial charge in [-0.3, -0.25) is 4.79 Å². The van der Waals surface area contributed by atoms with Crippen LogP contribution in [-0.4, -0.2) is 34.5 Å². The lowest BCUT2D eigenvalue weighted by Crippen LogP contribution is -2.42. The number of nitrogens with zero attached hydrogens (tertiary/aromatic N) is 1. The van der Waals surface area contributed by atoms with Crippen LogP contribution >= 0.6 is 34.2 Å². The number of carbonyl (C=O) groups is 2. The minimum atomic E-state index is -0.949. The highest BCUT2D eigenvalue weighted by Crippen LogP contribution is 2.27. The molecule has 0 saturated carbocycles. The normalized spacial score (nSPS) is 22.6. The molecule has 19 heavy (non-hydrogen) atoms. The molecular formula is C13H13ClINO3. The van der Waals surface area contributed by atoms with Crippen LogP contribution in [0, 0.1) is 9.49 Å². The maximum absolute atomic E-state index is 12.4. The van der Waals surface area contributed by atoms with Crippen LogP contribution in [-0.2, 0) is 4.79 Å². The fraction of sp³-hybridized carbons (Fsp3) is 0.385. The number of carboxylic acid groups (broad SMARTS) is 1. The van der Waals surface area contributed by atoms with Gasteiger partial charge in [-0.25, -0.2) is 4.79 Å². The Kier molecular flexibility index (Phi) is 4.35. The Morgan fingerprint density at radius 2 is 2.16 bits per heavy atom. The van der Waals surface area contributed by atoms with Crippen LogP contribution in [0.5, 0.6) is 0 Å². The summed E-state index contributed by atoms with van der Waals surface area (Å²) in [6.45, 7) is 2.33. The van der Waals surface area contributed by atoms with Gasteiger partial charge in [0.1, 0.15) is 6.04 Å². The Hall–Kier alpha value is -0.820. The largest absolute Gasteiger partial charge is 0.480 e. The van der Waals surface area contributed by atoms with Crippen LogP contribution in [0.15, 0.2) is 18.2 Å². The first-order chi connectivity index (χ1) is 8.91. The fourth-order valence-corrected chi connectivity index (χ4v) is 2.86. The molecule has 0 aromatic heterocycles. The van der Waals surface area contributed by atoms with E-state index in [4.69, 9.17) is 11.6 Å². The predicted octanol–water partition coefficient (Wildman–Crippen LogP) is 2.88. The highest BCUT2D eigenvalue weighted by atomic mass is 127. The van der Waals surface area contributed by atoms with Crippen molar-refractivity contribution in [3.8, 4) is 0 Å². The molecule has 2 rings (SSSR count). The second-order valence-corrected chi connectivity index (χ2v) is 6.25. The van der Waals surface area contributed by atoms with Crippen molar-refractivity contribution in [1.82, 2.24) is 4.90 Å². The summed E-state index contributed by atoms with van der Waals surface area (Å²) in [4.78, 5) is 25.1. The summed E-state index contributed by atoms with van der Waals surface area (Å²) < 4.78 is 0.861. The van der Waals surface area contributed by atoms with Crippen LogP contribution in [0.2, 0.25) is 5.02 Å². The van der Waals surface area contributed by atoms with Gasteiger partial charge in [0.05, 0.1) is 5.02 Å². The van der Waals surface area contributed by atoms with Crippen LogP contribution in [0.1, 0.15) is 23.7 Å². The Bertz CT molecular complexity index is 535. The third kappa shape index (κ3) is 2.86. The third-order valence-corrected chi connectivity index (χ3v) is 4.95. The van der Waals surface area contributed by atoms with Crippen molar-refractivity contribution in [3.63, 3.8) is 0 Å². The smallest absolute Gasteiger partial charge is 0.326 e. The van der Waals surface area contributed by atoms with Gasteiger partial charge in [0.25, 0.3) is 5.91 Å². The van der Waals surface area contributed by atoms with E-state index in [-0.39, 0.29) is 11.8 Å². The first-order valence-corrected chi connectivity index (χ1v) is 7.36. The Balaban J connectivity index is 2.28. The molecule has 4 nitrogen and oxygen atoms in total. The topological polar surface area (TPSA) is 57.6 Å². The molecule has 6 heteroatoms. The average Bonchev–Trinajstić information content (AvgIpc) is 2.74. The molecule has 0 spiro atoms. The molecule has 0 aliphatic carbocycles. The van der Waals surface area contributed by atoms with Crippen LogP contribution in [0.3, 0.4) is 0 Å². The van der Waals surface area contributed by atoms with Crippen molar-refractivity contribution in [1.29, 1.82) is 0 Å². The van der Waals surface area contributed by atoms with E-state index < -0.39 is 12.0 Å². The van der Waals surface area contributed by atoms with Gasteiger partial charge in [0.2, 0.25) is 0 Å². The number of rotatable bonds is 2. The molecule has 1 aromatic rings. The zero-order valence-electron chi connectivity index (χ0n) is 10.3. The quantitative estimate of drug-likeness (QED) is 0.786. The van der Waals surface area contributed by atoms with E-state index >= 15 is 0 Å². The van der Waals surface area contributed by atoms with Gasteiger partial charge in [-0.1, -0.05) is 18.5 Å². The first-order valence-electron chi connectivity index (χ1n) is 5.90. The lowest BCUT2D eigenvalue weighted by Gasteiger charge is -2.23. The van der Waals surface area contributed by atoms with E-state index in [0.29, 0.717) is 23.6 Å². The van der Waals surface area contributed by atoms with Crippen LogP contribution in [0.25, 0.3) is 0 Å². The highest BCUT2D eigenvalue weighted by molar-refractivity contribution is 14.1. The number of halogens is 2. The minimum Gasteiger partial charge on any atom is -0.480 e. The van der Waals surface area contributed by atoms with Crippen molar-refractivity contribution in [3.05, 3.63) is 32.4 Å². The van der Waals surface area contributed by atoms with Gasteiger partial charge in [0.15, 0.2) is 0 Å². The lowest BCUT2D eigenvalue weighted by molar-refractivity contribution is -0.142. The molecule has 102 valence electrons. The first kappa shape index (κ1) is 14.6. The zero-order chi connectivity index (χ0) is 14.2. The standard InChI is InChI=1S/C13H13ClINO3/c1-7-4-5-16(11(7)13(18)19)12(17)8-2-3-10(15)9(14)6-8/h2-3,6-7,11H,4-5H2,1H3,(H,18,19). The molecule has 1 fully saturated rings. The van der Waals surface area contributed by atoms with Gasteiger partial charge in [-0.2, -0.15) is 0 Å². The van der Waals surface area contributed by atoms with Gasteiger partial charge in [0, 0.05) is 15.7 Å². The summed E-state index contributed by atoms with van der Waals surface area (Å²) in [5.41, 5.74) is 0.436. The molecule has 1 aromatic carbocycles. The summed E-state index contributed by atoms with van der Waals surface area (Å²) in [7, 11) is 0. The summed E-state index contributed by atoms with van der Waals surface area (Å²) >= 11 is 8.08. The number of aliphatic carboxylic acids is 1. The second-order valence-electron chi connectivity index (χ2n) is 4.68. The molecule has 2 unspecified atom stereocenters. The molecule has 1 aliphatic rings. The van der Waals surface area contributed by atoms with E-state index in [1.165, 1.54) is 4.90 Å². The van der Waals surface area contributed by atoms with E-state index in [9.17, 15) is 14.7 Å². The maximum Gasteiger partial charge on any atom is 0.326 e. The molecule has 1 N–H and O–H groups in total. The zero-order valence-corrected chi connectivity index (χ0v) is 13.2. The van der Waals surface area contributed by atoms with Crippen molar-refractivity contribution in [2.45, 2.75) is 19.4 Å². The number of carbonyl (C=O) groups excluding carboxylic acids is 1. The molecular weight excluding hydrogens is 381 g/mol. The van der Waals surface area contributed by atoms with E-state index in [2.05, 4.69) is 22.6 Å². The minimum absolute atomic E-state index is 0.0271. The van der Waals surface area contributed by atoms with Gasteiger partial charge in [-0.05, 0) is 53.1 Å². The SMILES string of the molecule is CC1CCN(C(=O)c2ccc(I)c(Cl)c2)C1C(=O)O. The summed E-state index contributed by atoms with van der Waals surface area (Å²) in [5, 5.41) is 9.73. The third-order valence-electron chi connectivity index (χ3n) is 3.38. The molecule has 1 saturated heterocycles. The van der Waals surface area contributed by atoms with Crippen molar-refractivity contribution < 1.29 is 14.7 Å². The van der Waals surface area contributed by atoms with E-state index in [1.807, 2.05) is 6.92 Å². The Morgan fingerprint density at radius 1 is 1.47 bits per heavy atom. The average molecular weight is 394 g/mol. The van der Waals surface area contributed by atoms with Crippen molar-refractivity contribution >= 4 is 46.1 Å². The Morgan fingerprint density at radius 3 is 2.74 bits per heavy atom. The van der Waals surface area contributed by atoms with Crippen LogP contribution in [0.4, 0.5) is 0 Å². The van der Waals surface area contributed by atoms with Gasteiger partial charge < -0.3 is 10.0 Å². The molecule has 0 radical (unpaired) electrons. The molecule has 1 aliphatic heterocycles. The number of benzene rings is 1. The maximum atomic E-state index is 12.4. The predicted molar refractivity (Wildman–Crippen MR) is 80.4 cm³/mol. The second kappa shape index (κ2) is 5.66. The summed E-state index contributed by atoms with van der Waals surface area (Å²) in [5.74, 6) is -1.24. The number of amides is 1. The van der Waals surface area contributed by atoms with Gasteiger partial charge >= 0.3 is 5.97 Å². The molecule has 1 amide bonds. The Labute approximate surface area is 129 Å². The van der Waals surface area contributed by atoms with Crippen molar-refractivity contribution in [2.75, 3.05) is 6.54 Å². The molecule has 0 bridgehead atoms. The van der Waals surface area contributed by atoms with Crippen LogP contribution < -0.4 is 0 Å². The number of hydrogen-bond acceptors (Lipinski definition) is 2. The van der Waals surface area contributed by atoms with E-state index in [0.717, 1.165) is 3.57 Å². The molecule has 2 atom stereocenters. The fourth-order valence-electron chi connectivity index (χ4n) is 2.35.